The van der Waals surface area contributed by atoms with Crippen LogP contribution in [0.2, 0.25) is 0 Å². The first-order valence-corrected chi connectivity index (χ1v) is 5.31. The third-order valence-corrected chi connectivity index (χ3v) is 2.71. The second-order valence-corrected chi connectivity index (χ2v) is 4.21. The summed E-state index contributed by atoms with van der Waals surface area (Å²) >= 11 is 0. The van der Waals surface area contributed by atoms with Crippen LogP contribution in [0.5, 0.6) is 0 Å². The highest BCUT2D eigenvalue weighted by molar-refractivity contribution is 5.78. The average Bonchev–Trinajstić information content (AvgIpc) is 2.15. The number of aliphatic hydroxyl groups is 1. The average molecular weight is 200 g/mol. The molecule has 0 aliphatic heterocycles. The molecule has 1 fully saturated rings. The van der Waals surface area contributed by atoms with Crippen molar-refractivity contribution in [2.24, 2.45) is 11.7 Å². The van der Waals surface area contributed by atoms with Crippen molar-refractivity contribution in [1.82, 2.24) is 5.32 Å². The molecule has 14 heavy (non-hydrogen) atoms. The molecule has 0 aromatic rings. The van der Waals surface area contributed by atoms with Crippen molar-refractivity contribution in [3.05, 3.63) is 0 Å². The topological polar surface area (TPSA) is 75.3 Å². The maximum atomic E-state index is 11.5. The van der Waals surface area contributed by atoms with Gasteiger partial charge in [-0.1, -0.05) is 0 Å². The minimum absolute atomic E-state index is 0.0674. The summed E-state index contributed by atoms with van der Waals surface area (Å²) in [5.74, 6) is 0.173. The summed E-state index contributed by atoms with van der Waals surface area (Å²) in [6, 6.07) is 0.274. The highest BCUT2D eigenvalue weighted by Crippen LogP contribution is 2.22. The second-order valence-electron chi connectivity index (χ2n) is 4.21. The Morgan fingerprint density at radius 1 is 1.50 bits per heavy atom. The van der Waals surface area contributed by atoms with Crippen LogP contribution in [0.25, 0.3) is 0 Å². The van der Waals surface area contributed by atoms with Gasteiger partial charge in [-0.3, -0.25) is 4.79 Å². The van der Waals surface area contributed by atoms with E-state index < -0.39 is 6.10 Å². The van der Waals surface area contributed by atoms with E-state index in [-0.39, 0.29) is 17.9 Å². The van der Waals surface area contributed by atoms with Crippen LogP contribution in [0.4, 0.5) is 0 Å². The van der Waals surface area contributed by atoms with E-state index in [0.717, 1.165) is 25.7 Å². The van der Waals surface area contributed by atoms with Crippen LogP contribution in [-0.4, -0.2) is 29.7 Å². The lowest BCUT2D eigenvalue weighted by Gasteiger charge is -2.25. The molecule has 4 N–H and O–H groups in total. The highest BCUT2D eigenvalue weighted by atomic mass is 16.3. The van der Waals surface area contributed by atoms with Crippen LogP contribution in [0.3, 0.4) is 0 Å². The number of rotatable bonds is 3. The van der Waals surface area contributed by atoms with Gasteiger partial charge in [0.1, 0.15) is 0 Å². The minimum atomic E-state index is -0.468. The van der Waals surface area contributed by atoms with Gasteiger partial charge in [0.05, 0.1) is 6.10 Å². The first-order chi connectivity index (χ1) is 6.59. The van der Waals surface area contributed by atoms with Crippen molar-refractivity contribution in [1.29, 1.82) is 0 Å². The van der Waals surface area contributed by atoms with Gasteiger partial charge in [0.25, 0.3) is 0 Å². The van der Waals surface area contributed by atoms with E-state index in [1.54, 1.807) is 6.92 Å². The first kappa shape index (κ1) is 11.5. The largest absolute Gasteiger partial charge is 0.392 e. The number of aliphatic hydroxyl groups excluding tert-OH is 1. The fraction of sp³-hybridized carbons (Fsp3) is 0.900. The second kappa shape index (κ2) is 5.32. The van der Waals surface area contributed by atoms with E-state index in [1.165, 1.54) is 0 Å². The van der Waals surface area contributed by atoms with E-state index in [2.05, 4.69) is 5.32 Å². The van der Waals surface area contributed by atoms with Crippen molar-refractivity contribution in [3.8, 4) is 0 Å². The molecule has 0 spiro atoms. The molecular formula is C10H20N2O2. The Labute approximate surface area is 84.9 Å². The van der Waals surface area contributed by atoms with Gasteiger partial charge in [-0.15, -0.1) is 0 Å². The summed E-state index contributed by atoms with van der Waals surface area (Å²) in [7, 11) is 0. The van der Waals surface area contributed by atoms with E-state index in [0.29, 0.717) is 6.54 Å². The third kappa shape index (κ3) is 3.64. The van der Waals surface area contributed by atoms with Crippen LogP contribution in [0, 0.1) is 5.92 Å². The normalized spacial score (nSPS) is 29.6. The monoisotopic (exact) mass is 200 g/mol. The summed E-state index contributed by atoms with van der Waals surface area (Å²) < 4.78 is 0. The number of hydrogen-bond donors (Lipinski definition) is 3. The Kier molecular flexibility index (Phi) is 4.35. The lowest BCUT2D eigenvalue weighted by molar-refractivity contribution is -0.126. The van der Waals surface area contributed by atoms with Gasteiger partial charge in [-0.05, 0) is 32.6 Å². The SMILES string of the molecule is C[C@@H](O)CNC(=O)C1CCC(N)CC1. The van der Waals surface area contributed by atoms with Crippen LogP contribution in [-0.2, 0) is 4.79 Å². The molecule has 1 saturated carbocycles. The predicted octanol–water partition coefficient (Wildman–Crippen LogP) is 0.000900. The smallest absolute Gasteiger partial charge is 0.223 e. The first-order valence-electron chi connectivity index (χ1n) is 5.31. The van der Waals surface area contributed by atoms with Crippen LogP contribution < -0.4 is 11.1 Å². The molecule has 1 rings (SSSR count). The van der Waals surface area contributed by atoms with Crippen molar-refractivity contribution < 1.29 is 9.90 Å². The minimum Gasteiger partial charge on any atom is -0.392 e. The molecule has 1 aliphatic rings. The van der Waals surface area contributed by atoms with Gasteiger partial charge >= 0.3 is 0 Å². The van der Waals surface area contributed by atoms with Crippen LogP contribution in [0.1, 0.15) is 32.6 Å². The number of hydrogen-bond acceptors (Lipinski definition) is 3. The summed E-state index contributed by atoms with van der Waals surface area (Å²) in [5.41, 5.74) is 5.75. The zero-order valence-corrected chi connectivity index (χ0v) is 8.70. The Morgan fingerprint density at radius 3 is 2.57 bits per heavy atom. The molecular weight excluding hydrogens is 180 g/mol. The Balaban J connectivity index is 2.24. The van der Waals surface area contributed by atoms with Crippen molar-refractivity contribution >= 4 is 5.91 Å². The van der Waals surface area contributed by atoms with Crippen LogP contribution in [0.15, 0.2) is 0 Å². The molecule has 82 valence electrons. The van der Waals surface area contributed by atoms with E-state index in [1.807, 2.05) is 0 Å². The fourth-order valence-electron chi connectivity index (χ4n) is 1.77. The molecule has 1 aliphatic carbocycles. The highest BCUT2D eigenvalue weighted by Gasteiger charge is 2.24. The molecule has 0 unspecified atom stereocenters. The Hall–Kier alpha value is -0.610. The maximum absolute atomic E-state index is 11.5. The van der Waals surface area contributed by atoms with Crippen molar-refractivity contribution in [3.63, 3.8) is 0 Å². The molecule has 0 heterocycles. The summed E-state index contributed by atoms with van der Waals surface area (Å²) in [6.45, 7) is 2.01. The van der Waals surface area contributed by atoms with Gasteiger partial charge in [-0.25, -0.2) is 0 Å². The van der Waals surface area contributed by atoms with Crippen molar-refractivity contribution in [2.45, 2.75) is 44.8 Å². The third-order valence-electron chi connectivity index (χ3n) is 2.71. The Bertz CT molecular complexity index is 187. The lowest BCUT2D eigenvalue weighted by atomic mass is 9.86. The molecule has 0 radical (unpaired) electrons. The lowest BCUT2D eigenvalue weighted by Crippen LogP contribution is -2.38. The van der Waals surface area contributed by atoms with Gasteiger partial charge < -0.3 is 16.2 Å². The van der Waals surface area contributed by atoms with E-state index >= 15 is 0 Å². The van der Waals surface area contributed by atoms with Gasteiger partial charge in [0, 0.05) is 18.5 Å². The number of carbonyl (C=O) groups is 1. The van der Waals surface area contributed by atoms with E-state index in [9.17, 15) is 4.79 Å². The molecule has 1 atom stereocenters. The fourth-order valence-corrected chi connectivity index (χ4v) is 1.77. The molecule has 0 saturated heterocycles. The summed E-state index contributed by atoms with van der Waals surface area (Å²) in [6.07, 6.45) is 3.17. The van der Waals surface area contributed by atoms with Crippen molar-refractivity contribution in [2.75, 3.05) is 6.54 Å². The molecule has 4 nitrogen and oxygen atoms in total. The molecule has 0 bridgehead atoms. The number of amides is 1. The standard InChI is InChI=1S/C10H20N2O2/c1-7(13)6-12-10(14)8-2-4-9(11)5-3-8/h7-9,13H,2-6,11H2,1H3,(H,12,14)/t7-,8?,9?/m1/s1. The zero-order valence-electron chi connectivity index (χ0n) is 8.70. The number of nitrogens with two attached hydrogens (primary N) is 1. The molecule has 0 aromatic carbocycles. The molecule has 1 amide bonds. The van der Waals surface area contributed by atoms with Crippen LogP contribution >= 0.6 is 0 Å². The predicted molar refractivity (Wildman–Crippen MR) is 54.6 cm³/mol. The van der Waals surface area contributed by atoms with Gasteiger partial charge in [0.2, 0.25) is 5.91 Å². The molecule has 0 aromatic heterocycles. The van der Waals surface area contributed by atoms with Gasteiger partial charge in [0.15, 0.2) is 0 Å². The zero-order chi connectivity index (χ0) is 10.6. The Morgan fingerprint density at radius 2 is 2.07 bits per heavy atom. The summed E-state index contributed by atoms with van der Waals surface area (Å²) in [5, 5.41) is 11.7. The number of carbonyl (C=O) groups excluding carboxylic acids is 1. The van der Waals surface area contributed by atoms with Gasteiger partial charge in [-0.2, -0.15) is 0 Å². The maximum Gasteiger partial charge on any atom is 0.223 e. The van der Waals surface area contributed by atoms with E-state index in [4.69, 9.17) is 10.8 Å². The number of nitrogens with one attached hydrogen (secondary N) is 1. The summed E-state index contributed by atoms with van der Waals surface area (Å²) in [4.78, 5) is 11.5. The quantitative estimate of drug-likeness (QED) is 0.600. The molecule has 4 heteroatoms.